The van der Waals surface area contributed by atoms with Crippen LogP contribution in [0.25, 0.3) is 0 Å². The van der Waals surface area contributed by atoms with Crippen molar-refractivity contribution in [2.24, 2.45) is 0 Å². The second-order valence-electron chi connectivity index (χ2n) is 3.77. The number of hydrogen-bond acceptors (Lipinski definition) is 6. The van der Waals surface area contributed by atoms with E-state index in [0.29, 0.717) is 12.8 Å². The van der Waals surface area contributed by atoms with Gasteiger partial charge < -0.3 is 10.1 Å². The van der Waals surface area contributed by atoms with Crippen molar-refractivity contribution in [2.75, 3.05) is 12.4 Å². The Bertz CT molecular complexity index is 481. The van der Waals surface area contributed by atoms with Crippen molar-refractivity contribution in [1.29, 1.82) is 0 Å². The molecule has 0 saturated heterocycles. The van der Waals surface area contributed by atoms with E-state index in [4.69, 9.17) is 11.6 Å². The van der Waals surface area contributed by atoms with Gasteiger partial charge in [-0.1, -0.05) is 24.9 Å². The summed E-state index contributed by atoms with van der Waals surface area (Å²) < 4.78 is 4.64. The number of ether oxygens (including phenoxy) is 1. The van der Waals surface area contributed by atoms with Crippen molar-refractivity contribution in [3.8, 4) is 0 Å². The van der Waals surface area contributed by atoms with Crippen LogP contribution in [0.4, 0.5) is 11.5 Å². The fraction of sp³-hybridized carbons (Fsp3) is 0.455. The maximum Gasteiger partial charge on any atom is 0.328 e. The molecule has 1 atom stereocenters. The Morgan fingerprint density at radius 2 is 2.32 bits per heavy atom. The molecule has 0 saturated carbocycles. The number of pyridine rings is 1. The van der Waals surface area contributed by atoms with Crippen LogP contribution in [0.5, 0.6) is 0 Å². The zero-order chi connectivity index (χ0) is 14.4. The molecule has 1 aromatic heterocycles. The Hall–Kier alpha value is -1.89. The molecule has 0 aromatic carbocycles. The summed E-state index contributed by atoms with van der Waals surface area (Å²) in [6.45, 7) is 1.89. The van der Waals surface area contributed by atoms with Gasteiger partial charge in [-0.15, -0.1) is 0 Å². The van der Waals surface area contributed by atoms with Gasteiger partial charge in [0, 0.05) is 6.07 Å². The Morgan fingerprint density at radius 1 is 1.63 bits per heavy atom. The molecule has 0 aliphatic heterocycles. The summed E-state index contributed by atoms with van der Waals surface area (Å²) in [5.74, 6) is -0.542. The van der Waals surface area contributed by atoms with Crippen LogP contribution in [0.2, 0.25) is 5.15 Å². The molecule has 0 aliphatic carbocycles. The molecule has 0 amide bonds. The van der Waals surface area contributed by atoms with Crippen LogP contribution in [0.3, 0.4) is 0 Å². The molecule has 1 N–H and O–H groups in total. The lowest BCUT2D eigenvalue weighted by atomic mass is 10.1. The van der Waals surface area contributed by atoms with Crippen molar-refractivity contribution in [3.63, 3.8) is 0 Å². The Morgan fingerprint density at radius 3 is 2.84 bits per heavy atom. The molecule has 19 heavy (non-hydrogen) atoms. The number of anilines is 1. The number of carbonyl (C=O) groups is 1. The normalized spacial score (nSPS) is 11.7. The lowest BCUT2D eigenvalue weighted by Gasteiger charge is -2.16. The summed E-state index contributed by atoms with van der Waals surface area (Å²) in [6, 6.07) is 1.86. The Labute approximate surface area is 115 Å². The summed E-state index contributed by atoms with van der Waals surface area (Å²) in [5.41, 5.74) is -0.241. The fourth-order valence-electron chi connectivity index (χ4n) is 1.53. The molecule has 0 radical (unpaired) electrons. The van der Waals surface area contributed by atoms with E-state index in [1.54, 1.807) is 0 Å². The second-order valence-corrected chi connectivity index (χ2v) is 4.15. The summed E-state index contributed by atoms with van der Waals surface area (Å²) >= 11 is 5.71. The number of nitrogens with one attached hydrogen (secondary N) is 1. The number of esters is 1. The Kier molecular flexibility index (Phi) is 5.50. The monoisotopic (exact) mass is 287 g/mol. The fourth-order valence-corrected chi connectivity index (χ4v) is 1.67. The van der Waals surface area contributed by atoms with Crippen LogP contribution in [0.1, 0.15) is 19.8 Å². The minimum Gasteiger partial charge on any atom is -0.467 e. The minimum atomic E-state index is -0.695. The molecule has 0 fully saturated rings. The molecular weight excluding hydrogens is 274 g/mol. The highest BCUT2D eigenvalue weighted by molar-refractivity contribution is 6.29. The van der Waals surface area contributed by atoms with Gasteiger partial charge >= 0.3 is 11.7 Å². The van der Waals surface area contributed by atoms with Gasteiger partial charge in [0.1, 0.15) is 11.2 Å². The quantitative estimate of drug-likeness (QED) is 0.374. The number of nitro groups is 1. The average Bonchev–Trinajstić information content (AvgIpc) is 2.37. The van der Waals surface area contributed by atoms with E-state index in [1.807, 2.05) is 6.92 Å². The van der Waals surface area contributed by atoms with Crippen molar-refractivity contribution >= 4 is 29.1 Å². The Balaban J connectivity index is 3.04. The first kappa shape index (κ1) is 15.2. The van der Waals surface area contributed by atoms with Crippen LogP contribution in [0, 0.1) is 10.1 Å². The lowest BCUT2D eigenvalue weighted by Crippen LogP contribution is -2.31. The predicted molar refractivity (Wildman–Crippen MR) is 70.2 cm³/mol. The van der Waals surface area contributed by atoms with Crippen LogP contribution in [-0.4, -0.2) is 29.0 Å². The number of carbonyl (C=O) groups excluding carboxylic acids is 1. The van der Waals surface area contributed by atoms with Crippen LogP contribution in [0.15, 0.2) is 12.1 Å². The van der Waals surface area contributed by atoms with Gasteiger partial charge in [0.05, 0.1) is 12.0 Å². The largest absolute Gasteiger partial charge is 0.467 e. The van der Waals surface area contributed by atoms with Crippen LogP contribution >= 0.6 is 11.6 Å². The highest BCUT2D eigenvalue weighted by Crippen LogP contribution is 2.25. The van der Waals surface area contributed by atoms with E-state index < -0.39 is 16.9 Å². The zero-order valence-corrected chi connectivity index (χ0v) is 11.3. The van der Waals surface area contributed by atoms with E-state index in [0.717, 1.165) is 0 Å². The van der Waals surface area contributed by atoms with Crippen molar-refractivity contribution in [2.45, 2.75) is 25.8 Å². The maximum absolute atomic E-state index is 11.6. The third-order valence-corrected chi connectivity index (χ3v) is 2.62. The number of aromatic nitrogens is 1. The molecular formula is C11H14ClN3O4. The van der Waals surface area contributed by atoms with E-state index in [2.05, 4.69) is 15.0 Å². The first-order valence-corrected chi connectivity index (χ1v) is 6.02. The molecule has 1 rings (SSSR count). The molecule has 0 spiro atoms. The van der Waals surface area contributed by atoms with Gasteiger partial charge in [0.2, 0.25) is 5.82 Å². The smallest absolute Gasteiger partial charge is 0.328 e. The number of methoxy groups -OCH3 is 1. The van der Waals surface area contributed by atoms with E-state index in [9.17, 15) is 14.9 Å². The third kappa shape index (κ3) is 4.06. The minimum absolute atomic E-state index is 0.0404. The number of rotatable bonds is 6. The van der Waals surface area contributed by atoms with Gasteiger partial charge in [0.25, 0.3) is 0 Å². The van der Waals surface area contributed by atoms with Crippen LogP contribution in [-0.2, 0) is 9.53 Å². The van der Waals surface area contributed by atoms with Crippen molar-refractivity contribution < 1.29 is 14.5 Å². The summed E-state index contributed by atoms with van der Waals surface area (Å²) in [7, 11) is 1.26. The first-order valence-electron chi connectivity index (χ1n) is 5.64. The molecule has 0 aliphatic rings. The lowest BCUT2D eigenvalue weighted by molar-refractivity contribution is -0.384. The molecule has 7 nitrogen and oxygen atoms in total. The molecule has 104 valence electrons. The highest BCUT2D eigenvalue weighted by atomic mass is 35.5. The summed E-state index contributed by atoms with van der Waals surface area (Å²) in [5, 5.41) is 13.7. The molecule has 0 bridgehead atoms. The van der Waals surface area contributed by atoms with Gasteiger partial charge in [0.15, 0.2) is 0 Å². The zero-order valence-electron chi connectivity index (χ0n) is 10.6. The summed E-state index contributed by atoms with van der Waals surface area (Å²) in [4.78, 5) is 25.7. The van der Waals surface area contributed by atoms with Crippen LogP contribution < -0.4 is 5.32 Å². The average molecular weight is 288 g/mol. The number of nitrogens with zero attached hydrogens (tertiary/aromatic N) is 2. The van der Waals surface area contributed by atoms with Gasteiger partial charge in [-0.3, -0.25) is 10.1 Å². The SMILES string of the molecule is CCC[C@H](Nc1nc(Cl)ccc1[N+](=O)[O-])C(=O)OC. The van der Waals surface area contributed by atoms with Gasteiger partial charge in [-0.25, -0.2) is 9.78 Å². The highest BCUT2D eigenvalue weighted by Gasteiger charge is 2.23. The predicted octanol–water partition coefficient (Wildman–Crippen LogP) is 2.40. The van der Waals surface area contributed by atoms with Crippen molar-refractivity contribution in [3.05, 3.63) is 27.4 Å². The molecule has 1 heterocycles. The van der Waals surface area contributed by atoms with Gasteiger partial charge in [-0.05, 0) is 12.5 Å². The van der Waals surface area contributed by atoms with Crippen molar-refractivity contribution in [1.82, 2.24) is 4.98 Å². The standard InChI is InChI=1S/C11H14ClN3O4/c1-3-4-7(11(16)19-2)13-10-8(15(17)18)5-6-9(12)14-10/h5-7H,3-4H2,1-2H3,(H,13,14)/t7-/m0/s1. The maximum atomic E-state index is 11.6. The molecule has 8 heteroatoms. The first-order chi connectivity index (χ1) is 8.99. The van der Waals surface area contributed by atoms with E-state index >= 15 is 0 Å². The second kappa shape index (κ2) is 6.89. The van der Waals surface area contributed by atoms with Gasteiger partial charge in [-0.2, -0.15) is 0 Å². The number of halogens is 1. The topological polar surface area (TPSA) is 94.4 Å². The number of hydrogen-bond donors (Lipinski definition) is 1. The third-order valence-electron chi connectivity index (χ3n) is 2.41. The van der Waals surface area contributed by atoms with E-state index in [1.165, 1.54) is 19.2 Å². The molecule has 0 unspecified atom stereocenters. The summed E-state index contributed by atoms with van der Waals surface area (Å²) in [6.07, 6.45) is 1.18. The van der Waals surface area contributed by atoms with E-state index in [-0.39, 0.29) is 16.7 Å². The molecule has 1 aromatic rings.